The predicted molar refractivity (Wildman–Crippen MR) is 211 cm³/mol. The van der Waals surface area contributed by atoms with E-state index >= 15 is 0 Å². The zero-order valence-electron chi connectivity index (χ0n) is 36.3. The topological polar surface area (TPSA) is 263 Å². The molecule has 1 aromatic heterocycles. The largest absolute Gasteiger partial charge is 0.444 e. The number of nitrogens with one attached hydrogen (secondary N) is 4. The van der Waals surface area contributed by atoms with Gasteiger partial charge < -0.3 is 50.4 Å². The van der Waals surface area contributed by atoms with Gasteiger partial charge in [-0.3, -0.25) is 19.0 Å². The Balaban J connectivity index is 2.57. The van der Waals surface area contributed by atoms with Crippen molar-refractivity contribution < 1.29 is 57.9 Å². The number of hydrogen-bond acceptors (Lipinski definition) is 14. The van der Waals surface area contributed by atoms with E-state index in [-0.39, 0.29) is 5.82 Å². The summed E-state index contributed by atoms with van der Waals surface area (Å²) in [6, 6.07) is -2.61. The minimum absolute atomic E-state index is 0.218. The van der Waals surface area contributed by atoms with Crippen molar-refractivity contribution in [1.82, 2.24) is 25.5 Å². The molecule has 1 aromatic rings. The van der Waals surface area contributed by atoms with Crippen LogP contribution in [0.5, 0.6) is 0 Å². The van der Waals surface area contributed by atoms with E-state index in [1.54, 1.807) is 104 Å². The second-order valence-electron chi connectivity index (χ2n) is 18.5. The number of carbonyl (C=O) groups is 6. The Morgan fingerprint density at radius 3 is 1.64 bits per heavy atom. The zero-order valence-corrected chi connectivity index (χ0v) is 36.3. The highest BCUT2D eigenvalue weighted by Gasteiger charge is 2.60. The first-order valence-corrected chi connectivity index (χ1v) is 19.3. The smallest absolute Gasteiger partial charge is 0.408 e. The van der Waals surface area contributed by atoms with Crippen LogP contribution in [0.15, 0.2) is 17.1 Å². The molecule has 1 fully saturated rings. The van der Waals surface area contributed by atoms with E-state index < -0.39 is 125 Å². The molecule has 6 N–H and O–H groups in total. The lowest BCUT2D eigenvalue weighted by Crippen LogP contribution is -2.62. The number of aliphatic hydroxyl groups is 2. The summed E-state index contributed by atoms with van der Waals surface area (Å²) in [6.45, 7) is 24.4. The number of hydrogen-bond donors (Lipinski definition) is 6. The third-order valence-corrected chi connectivity index (χ3v) is 8.57. The average Bonchev–Trinajstić information content (AvgIpc) is 3.39. The van der Waals surface area contributed by atoms with Crippen molar-refractivity contribution in [2.24, 2.45) is 17.8 Å². The van der Waals surface area contributed by atoms with Crippen molar-refractivity contribution in [2.75, 3.05) is 5.32 Å². The quantitative estimate of drug-likeness (QED) is 0.147. The van der Waals surface area contributed by atoms with Crippen LogP contribution >= 0.6 is 0 Å². The van der Waals surface area contributed by atoms with Crippen LogP contribution in [0, 0.1) is 17.8 Å². The van der Waals surface area contributed by atoms with Crippen molar-refractivity contribution in [3.8, 4) is 0 Å². The van der Waals surface area contributed by atoms with Gasteiger partial charge in [-0.15, -0.1) is 0 Å². The summed E-state index contributed by atoms with van der Waals surface area (Å²) in [5.74, 6) is -4.89. The number of aliphatic hydroxyl groups excluding tert-OH is 1. The molecule has 1 saturated heterocycles. The highest BCUT2D eigenvalue weighted by molar-refractivity contribution is 6.02. The van der Waals surface area contributed by atoms with Crippen molar-refractivity contribution in [3.05, 3.63) is 22.7 Å². The first-order valence-electron chi connectivity index (χ1n) is 19.3. The van der Waals surface area contributed by atoms with E-state index in [4.69, 9.17) is 18.9 Å². The molecule has 1 unspecified atom stereocenters. The highest BCUT2D eigenvalue weighted by atomic mass is 16.6. The molecule has 19 nitrogen and oxygen atoms in total. The summed E-state index contributed by atoms with van der Waals surface area (Å²) >= 11 is 0. The number of ether oxygens (including phenoxy) is 4. The Hall–Kier alpha value is -4.62. The SMILES string of the molecule is CC(C)[C@H](NC(=O)OC(C)(C)C)C(O)C(=O)[C@H]1O[C@@H](n2ccc(NC(=O)[C@@H](NC(=O)OC(C)(C)C)C(C)C)nc2=O)C[C@@]1(O)C(=O)[C@@H](NC(=O)OC(C)(C)C)C(C)C. The third-order valence-electron chi connectivity index (χ3n) is 8.57. The lowest BCUT2D eigenvalue weighted by molar-refractivity contribution is -0.161. The molecule has 328 valence electrons. The number of anilines is 1. The second-order valence-corrected chi connectivity index (χ2v) is 18.5. The first kappa shape index (κ1) is 49.5. The number of ketones is 2. The van der Waals surface area contributed by atoms with E-state index in [0.717, 1.165) is 10.8 Å². The molecule has 0 bridgehead atoms. The normalized spacial score (nSPS) is 20.8. The number of aromatic nitrogens is 2. The molecule has 19 heteroatoms. The third kappa shape index (κ3) is 14.0. The molecule has 0 aliphatic carbocycles. The van der Waals surface area contributed by atoms with Crippen LogP contribution in [0.2, 0.25) is 0 Å². The molecule has 0 spiro atoms. The molecule has 2 heterocycles. The molecular weight excluding hydrogens is 760 g/mol. The molecule has 0 saturated carbocycles. The molecule has 0 radical (unpaired) electrons. The summed E-state index contributed by atoms with van der Waals surface area (Å²) in [4.78, 5) is 97.2. The van der Waals surface area contributed by atoms with E-state index in [1.165, 1.54) is 6.07 Å². The van der Waals surface area contributed by atoms with Crippen LogP contribution in [0.3, 0.4) is 0 Å². The minimum atomic E-state index is -2.77. The maximum Gasteiger partial charge on any atom is 0.408 e. The Kier molecular flexibility index (Phi) is 16.2. The van der Waals surface area contributed by atoms with E-state index in [2.05, 4.69) is 26.3 Å². The molecule has 58 heavy (non-hydrogen) atoms. The lowest BCUT2D eigenvalue weighted by Gasteiger charge is -2.34. The van der Waals surface area contributed by atoms with Crippen molar-refractivity contribution in [2.45, 2.75) is 169 Å². The van der Waals surface area contributed by atoms with Gasteiger partial charge in [0.05, 0.1) is 12.1 Å². The predicted octanol–water partition coefficient (Wildman–Crippen LogP) is 3.35. The van der Waals surface area contributed by atoms with Crippen LogP contribution in [-0.2, 0) is 33.3 Å². The van der Waals surface area contributed by atoms with Crippen LogP contribution in [-0.4, -0.2) is 108 Å². The summed E-state index contributed by atoms with van der Waals surface area (Å²) < 4.78 is 22.7. The number of alkyl carbamates (subject to hydrolysis) is 3. The van der Waals surface area contributed by atoms with Gasteiger partial charge in [0.1, 0.15) is 41.0 Å². The number of amides is 4. The fourth-order valence-electron chi connectivity index (χ4n) is 5.89. The number of nitrogens with zero attached hydrogens (tertiary/aromatic N) is 2. The molecule has 4 amide bonds. The highest BCUT2D eigenvalue weighted by Crippen LogP contribution is 2.40. The van der Waals surface area contributed by atoms with Crippen LogP contribution < -0.4 is 27.0 Å². The molecular formula is C39H64N6O13. The fourth-order valence-corrected chi connectivity index (χ4v) is 5.89. The van der Waals surface area contributed by atoms with Crippen molar-refractivity contribution in [1.29, 1.82) is 0 Å². The summed E-state index contributed by atoms with van der Waals surface area (Å²) in [6.07, 6.45) is -8.10. The maximum atomic E-state index is 14.4. The number of carbonyl (C=O) groups excluding carboxylic acids is 6. The molecule has 1 aliphatic heterocycles. The van der Waals surface area contributed by atoms with Gasteiger partial charge in [-0.1, -0.05) is 41.5 Å². The van der Waals surface area contributed by atoms with Gasteiger partial charge in [-0.25, -0.2) is 19.2 Å². The number of Topliss-reactive ketones (excluding diaryl/α,β-unsaturated/α-hetero) is 2. The van der Waals surface area contributed by atoms with Crippen molar-refractivity contribution >= 4 is 41.6 Å². The summed E-state index contributed by atoms with van der Waals surface area (Å²) in [7, 11) is 0. The van der Waals surface area contributed by atoms with Gasteiger partial charge in [0.15, 0.2) is 23.3 Å². The van der Waals surface area contributed by atoms with Crippen LogP contribution in [0.1, 0.15) is 117 Å². The zero-order chi connectivity index (χ0) is 44.9. The van der Waals surface area contributed by atoms with Crippen LogP contribution in [0.25, 0.3) is 0 Å². The van der Waals surface area contributed by atoms with Gasteiger partial charge in [-0.2, -0.15) is 4.98 Å². The van der Waals surface area contributed by atoms with Gasteiger partial charge in [0.25, 0.3) is 0 Å². The summed E-state index contributed by atoms with van der Waals surface area (Å²) in [5.41, 5.74) is -6.51. The van der Waals surface area contributed by atoms with Gasteiger partial charge in [-0.05, 0) is 86.1 Å². The van der Waals surface area contributed by atoms with E-state index in [0.29, 0.717) is 0 Å². The number of rotatable bonds is 14. The van der Waals surface area contributed by atoms with E-state index in [1.807, 2.05) is 0 Å². The molecule has 2 rings (SSSR count). The molecule has 0 aromatic carbocycles. The standard InChI is InChI=1S/C39H64N6O13/c1-19(2)24(42-33(51)56-36(7,8)9)27(46)28(47)30-39(54,29(48)25(20(3)4)43-34(52)57-37(10,11)12)18-23(55-30)45-17-16-22(41-32(45)50)40-31(49)26(21(5)6)44-35(53)58-38(13,14)15/h16-17,19-21,23-27,30,46,54H,18H2,1-15H3,(H,42,51)(H,43,52)(H,44,53)(H,40,41,49,50)/t23-,24+,25+,26+,27?,30-,39-/m1/s1. The monoisotopic (exact) mass is 824 g/mol. The van der Waals surface area contributed by atoms with Gasteiger partial charge in [0.2, 0.25) is 5.91 Å². The summed E-state index contributed by atoms with van der Waals surface area (Å²) in [5, 5.41) is 33.6. The average molecular weight is 825 g/mol. The Morgan fingerprint density at radius 1 is 0.776 bits per heavy atom. The Morgan fingerprint density at radius 2 is 1.22 bits per heavy atom. The Labute approximate surface area is 339 Å². The lowest BCUT2D eigenvalue weighted by atomic mass is 9.79. The molecule has 1 aliphatic rings. The Bertz CT molecular complexity index is 1720. The fraction of sp³-hybridized carbons (Fsp3) is 0.744. The van der Waals surface area contributed by atoms with Crippen LogP contribution in [0.4, 0.5) is 20.2 Å². The second kappa shape index (κ2) is 19.0. The van der Waals surface area contributed by atoms with Gasteiger partial charge in [0, 0.05) is 12.6 Å². The minimum Gasteiger partial charge on any atom is -0.444 e. The molecule has 7 atom stereocenters. The van der Waals surface area contributed by atoms with Crippen molar-refractivity contribution in [3.63, 3.8) is 0 Å². The maximum absolute atomic E-state index is 14.4. The van der Waals surface area contributed by atoms with Gasteiger partial charge >= 0.3 is 24.0 Å². The van der Waals surface area contributed by atoms with E-state index in [9.17, 15) is 43.8 Å². The first-order chi connectivity index (χ1) is 26.3.